The summed E-state index contributed by atoms with van der Waals surface area (Å²) in [5.41, 5.74) is 3.49. The van der Waals surface area contributed by atoms with E-state index in [1.807, 2.05) is 19.1 Å². The van der Waals surface area contributed by atoms with E-state index in [1.54, 1.807) is 14.2 Å². The van der Waals surface area contributed by atoms with Crippen LogP contribution in [-0.2, 0) is 4.79 Å². The maximum absolute atomic E-state index is 10.6. The van der Waals surface area contributed by atoms with E-state index in [0.29, 0.717) is 35.0 Å². The molecule has 1 heterocycles. The van der Waals surface area contributed by atoms with E-state index in [2.05, 4.69) is 27.4 Å². The third-order valence-corrected chi connectivity index (χ3v) is 3.17. The van der Waals surface area contributed by atoms with E-state index in [-0.39, 0.29) is 0 Å². The first-order valence-electron chi connectivity index (χ1n) is 6.53. The van der Waals surface area contributed by atoms with E-state index in [9.17, 15) is 4.79 Å². The van der Waals surface area contributed by atoms with E-state index < -0.39 is 0 Å². The summed E-state index contributed by atoms with van der Waals surface area (Å²) >= 11 is 0. The van der Waals surface area contributed by atoms with E-state index in [1.165, 1.54) is 6.20 Å². The van der Waals surface area contributed by atoms with Gasteiger partial charge in [0, 0.05) is 11.8 Å². The number of carbonyl (C=O) groups excluding carboxylic acids is 1. The minimum Gasteiger partial charge on any atom is -0.493 e. The molecule has 0 atom stereocenters. The Labute approximate surface area is 128 Å². The molecule has 22 heavy (non-hydrogen) atoms. The van der Waals surface area contributed by atoms with Crippen molar-refractivity contribution in [3.63, 3.8) is 0 Å². The summed E-state index contributed by atoms with van der Waals surface area (Å²) in [7, 11) is 3.16. The highest BCUT2D eigenvalue weighted by molar-refractivity contribution is 5.85. The minimum absolute atomic E-state index is 0.547. The lowest BCUT2D eigenvalue weighted by Gasteiger charge is -2.15. The smallest absolute Gasteiger partial charge is 0.211 e. The van der Waals surface area contributed by atoms with Gasteiger partial charge < -0.3 is 20.1 Å². The molecule has 7 heteroatoms. The highest BCUT2D eigenvalue weighted by Crippen LogP contribution is 2.34. The number of hydrogen-bond donors (Lipinski definition) is 3. The molecular formula is C15H18N4O3. The van der Waals surface area contributed by atoms with Crippen molar-refractivity contribution >= 4 is 23.5 Å². The van der Waals surface area contributed by atoms with Gasteiger partial charge >= 0.3 is 0 Å². The molecule has 0 fully saturated rings. The topological polar surface area (TPSA) is 88.3 Å². The van der Waals surface area contributed by atoms with Crippen molar-refractivity contribution in [1.29, 1.82) is 0 Å². The predicted octanol–water partition coefficient (Wildman–Crippen LogP) is 2.39. The zero-order valence-electron chi connectivity index (χ0n) is 12.7. The molecule has 1 aromatic carbocycles. The second-order valence-electron chi connectivity index (χ2n) is 4.55. The Bertz CT molecular complexity index is 694. The Hall–Kier alpha value is -2.96. The second-order valence-corrected chi connectivity index (χ2v) is 4.55. The number of nitrogens with zero attached hydrogens (tertiary/aromatic N) is 1. The molecule has 0 bridgehead atoms. The van der Waals surface area contributed by atoms with Gasteiger partial charge in [0.15, 0.2) is 11.5 Å². The number of anilines is 2. The first-order valence-corrected chi connectivity index (χ1v) is 6.53. The number of amides is 1. The molecule has 0 spiro atoms. The zero-order valence-corrected chi connectivity index (χ0v) is 12.7. The van der Waals surface area contributed by atoms with Gasteiger partial charge in [-0.05, 0) is 18.6 Å². The number of benzene rings is 1. The number of hydrogen-bond acceptors (Lipinski definition) is 5. The lowest BCUT2D eigenvalue weighted by Crippen LogP contribution is -2.04. The number of carbonyl (C=O) groups is 1. The molecule has 0 saturated carbocycles. The normalized spacial score (nSPS) is 9.95. The van der Waals surface area contributed by atoms with Crippen molar-refractivity contribution in [2.75, 3.05) is 24.9 Å². The Balaban J connectivity index is 2.28. The van der Waals surface area contributed by atoms with Crippen molar-refractivity contribution < 1.29 is 14.3 Å². The van der Waals surface area contributed by atoms with Crippen LogP contribution >= 0.6 is 0 Å². The van der Waals surface area contributed by atoms with Gasteiger partial charge in [-0.1, -0.05) is 6.58 Å². The van der Waals surface area contributed by atoms with Gasteiger partial charge in [0.25, 0.3) is 0 Å². The highest BCUT2D eigenvalue weighted by atomic mass is 16.5. The molecule has 1 aromatic heterocycles. The van der Waals surface area contributed by atoms with Crippen molar-refractivity contribution in [1.82, 2.24) is 10.2 Å². The molecular weight excluding hydrogens is 284 g/mol. The Morgan fingerprint density at radius 3 is 2.59 bits per heavy atom. The Morgan fingerprint density at radius 2 is 1.95 bits per heavy atom. The van der Waals surface area contributed by atoms with Crippen molar-refractivity contribution in [2.24, 2.45) is 0 Å². The number of aromatic amines is 1. The monoisotopic (exact) mass is 302 g/mol. The van der Waals surface area contributed by atoms with Crippen molar-refractivity contribution in [3.8, 4) is 11.5 Å². The van der Waals surface area contributed by atoms with Gasteiger partial charge in [-0.3, -0.25) is 9.89 Å². The fraction of sp³-hybridized carbons (Fsp3) is 0.200. The molecule has 0 aliphatic carbocycles. The van der Waals surface area contributed by atoms with Crippen LogP contribution in [0.5, 0.6) is 11.5 Å². The second kappa shape index (κ2) is 6.66. The van der Waals surface area contributed by atoms with Gasteiger partial charge in [-0.15, -0.1) is 0 Å². The zero-order chi connectivity index (χ0) is 16.1. The molecule has 1 amide bonds. The summed E-state index contributed by atoms with van der Waals surface area (Å²) in [6.07, 6.45) is 2.10. The van der Waals surface area contributed by atoms with Crippen LogP contribution in [0.1, 0.15) is 11.3 Å². The van der Waals surface area contributed by atoms with Crippen LogP contribution in [0, 0.1) is 6.92 Å². The highest BCUT2D eigenvalue weighted by Gasteiger charge is 2.12. The fourth-order valence-electron chi connectivity index (χ4n) is 2.03. The minimum atomic E-state index is 0.547. The average Bonchev–Trinajstić information content (AvgIpc) is 2.97. The molecule has 0 unspecified atom stereocenters. The largest absolute Gasteiger partial charge is 0.493 e. The molecule has 0 radical (unpaired) electrons. The van der Waals surface area contributed by atoms with Crippen molar-refractivity contribution in [3.05, 3.63) is 36.2 Å². The van der Waals surface area contributed by atoms with Crippen LogP contribution in [0.25, 0.3) is 5.70 Å². The van der Waals surface area contributed by atoms with Gasteiger partial charge in [0.1, 0.15) is 5.69 Å². The first kappa shape index (κ1) is 15.4. The summed E-state index contributed by atoms with van der Waals surface area (Å²) in [5.74, 6) is 1.26. The van der Waals surface area contributed by atoms with Gasteiger partial charge in [0.2, 0.25) is 6.41 Å². The Kier molecular flexibility index (Phi) is 4.67. The molecule has 0 aliphatic heterocycles. The molecule has 0 aliphatic rings. The number of aromatic nitrogens is 2. The lowest BCUT2D eigenvalue weighted by atomic mass is 10.1. The quantitative estimate of drug-likeness (QED) is 0.683. The number of aryl methyl sites for hydroxylation is 1. The summed E-state index contributed by atoms with van der Waals surface area (Å²) < 4.78 is 10.6. The summed E-state index contributed by atoms with van der Waals surface area (Å²) in [6.45, 7) is 5.90. The standard InChI is InChI=1S/C15H18N4O3/c1-9-5-13(21-3)14(22-4)6-11(9)18-10(2)15-12(16-8-20)7-17-19-15/h5-8,18H,2H2,1,3-4H3,(H,16,20)(H,17,19). The van der Waals surface area contributed by atoms with Crippen LogP contribution in [0.15, 0.2) is 24.9 Å². The van der Waals surface area contributed by atoms with Crippen LogP contribution in [0.3, 0.4) is 0 Å². The fourth-order valence-corrected chi connectivity index (χ4v) is 2.03. The van der Waals surface area contributed by atoms with Crippen molar-refractivity contribution in [2.45, 2.75) is 6.92 Å². The molecule has 2 aromatic rings. The van der Waals surface area contributed by atoms with E-state index in [0.717, 1.165) is 11.3 Å². The Morgan fingerprint density at radius 1 is 1.27 bits per heavy atom. The average molecular weight is 302 g/mol. The SMILES string of the molecule is C=C(Nc1cc(OC)c(OC)cc1C)c1[nH]ncc1NC=O. The number of methoxy groups -OCH3 is 2. The van der Waals surface area contributed by atoms with Gasteiger partial charge in [-0.2, -0.15) is 5.10 Å². The lowest BCUT2D eigenvalue weighted by molar-refractivity contribution is -0.105. The van der Waals surface area contributed by atoms with Gasteiger partial charge in [-0.25, -0.2) is 0 Å². The maximum Gasteiger partial charge on any atom is 0.211 e. The maximum atomic E-state index is 10.6. The summed E-state index contributed by atoms with van der Waals surface area (Å²) in [5, 5.41) is 12.4. The molecule has 0 saturated heterocycles. The van der Waals surface area contributed by atoms with E-state index >= 15 is 0 Å². The van der Waals surface area contributed by atoms with Crippen LogP contribution in [0.2, 0.25) is 0 Å². The summed E-state index contributed by atoms with van der Waals surface area (Å²) in [6, 6.07) is 3.69. The number of rotatable bonds is 7. The number of ether oxygens (including phenoxy) is 2. The third kappa shape index (κ3) is 3.03. The molecule has 116 valence electrons. The summed E-state index contributed by atoms with van der Waals surface area (Å²) in [4.78, 5) is 10.6. The third-order valence-electron chi connectivity index (χ3n) is 3.17. The van der Waals surface area contributed by atoms with Gasteiger partial charge in [0.05, 0.1) is 31.8 Å². The van der Waals surface area contributed by atoms with Crippen LogP contribution in [0.4, 0.5) is 11.4 Å². The molecule has 2 rings (SSSR count). The molecule has 3 N–H and O–H groups in total. The number of nitrogens with one attached hydrogen (secondary N) is 3. The first-order chi connectivity index (χ1) is 10.6. The van der Waals surface area contributed by atoms with E-state index in [4.69, 9.17) is 9.47 Å². The number of H-pyrrole nitrogens is 1. The molecule has 7 nitrogen and oxygen atoms in total. The predicted molar refractivity (Wildman–Crippen MR) is 85.2 cm³/mol. The van der Waals surface area contributed by atoms with Crippen LogP contribution in [-0.4, -0.2) is 30.8 Å². The van der Waals surface area contributed by atoms with Crippen LogP contribution < -0.4 is 20.1 Å².